The maximum atomic E-state index is 11.1. The average molecular weight is 399 g/mol. The van der Waals surface area contributed by atoms with Crippen LogP contribution in [0.2, 0.25) is 0 Å². The second-order valence-corrected chi connectivity index (χ2v) is 6.65. The molecule has 0 aromatic heterocycles. The van der Waals surface area contributed by atoms with E-state index in [0.29, 0.717) is 12.3 Å². The van der Waals surface area contributed by atoms with Gasteiger partial charge in [-0.05, 0) is 24.6 Å². The molecule has 1 saturated heterocycles. The van der Waals surface area contributed by atoms with E-state index >= 15 is 0 Å². The number of benzene rings is 1. The molecule has 0 saturated carbocycles. The molecular weight excluding hydrogens is 374 g/mol. The quantitative estimate of drug-likeness (QED) is 0.271. The first-order valence-corrected chi connectivity index (χ1v) is 8.98. The van der Waals surface area contributed by atoms with Crippen LogP contribution in [0.1, 0.15) is 19.4 Å². The number of aliphatic hydroxyl groups is 2. The minimum Gasteiger partial charge on any atom is -0.462 e. The molecule has 1 aliphatic heterocycles. The Morgan fingerprint density at radius 3 is 2.59 bits per heavy atom. The first kappa shape index (κ1) is 21.6. The fourth-order valence-electron chi connectivity index (χ4n) is 2.57. The molecule has 3 unspecified atom stereocenters. The number of carbonyl (C=O) groups excluding carboxylic acids is 1. The predicted octanol–water partition coefficient (Wildman–Crippen LogP) is 0.937. The smallest absolute Gasteiger partial charge is 0.303 e. The summed E-state index contributed by atoms with van der Waals surface area (Å²) >= 11 is 4.14. The van der Waals surface area contributed by atoms with Crippen molar-refractivity contribution < 1.29 is 34.0 Å². The molecule has 8 nitrogen and oxygen atoms in total. The number of ether oxygens (including phenoxy) is 4. The van der Waals surface area contributed by atoms with Gasteiger partial charge in [0.05, 0.1) is 12.6 Å². The van der Waals surface area contributed by atoms with E-state index in [-0.39, 0.29) is 5.44 Å². The van der Waals surface area contributed by atoms with Gasteiger partial charge in [0, 0.05) is 20.2 Å². The third-order valence-electron chi connectivity index (χ3n) is 4.00. The molecule has 2 rings (SSSR count). The van der Waals surface area contributed by atoms with E-state index in [0.717, 1.165) is 5.56 Å². The zero-order chi connectivity index (χ0) is 20.0. The number of methoxy groups -OCH3 is 1. The van der Waals surface area contributed by atoms with Gasteiger partial charge in [-0.3, -0.25) is 9.79 Å². The summed E-state index contributed by atoms with van der Waals surface area (Å²) in [6.07, 6.45) is -3.76. The van der Waals surface area contributed by atoms with Crippen LogP contribution in [0.4, 0.5) is 0 Å². The van der Waals surface area contributed by atoms with E-state index in [1.54, 1.807) is 32.4 Å². The summed E-state index contributed by atoms with van der Waals surface area (Å²) in [5.74, 6) is -0.102. The molecule has 0 aliphatic carbocycles. The molecule has 1 fully saturated rings. The van der Waals surface area contributed by atoms with Crippen LogP contribution in [0, 0.1) is 0 Å². The van der Waals surface area contributed by atoms with Crippen molar-refractivity contribution in [3.8, 4) is 5.75 Å². The van der Waals surface area contributed by atoms with Crippen molar-refractivity contribution in [2.45, 2.75) is 56.5 Å². The lowest BCUT2D eigenvalue weighted by molar-refractivity contribution is -0.272. The number of aliphatic hydroxyl groups excluding tert-OH is 2. The summed E-state index contributed by atoms with van der Waals surface area (Å²) in [7, 11) is 1.55. The maximum absolute atomic E-state index is 11.1. The third-order valence-corrected chi connectivity index (χ3v) is 4.35. The van der Waals surface area contributed by atoms with Crippen LogP contribution in [0.25, 0.3) is 0 Å². The molecule has 0 bridgehead atoms. The Labute approximate surface area is 163 Å². The van der Waals surface area contributed by atoms with E-state index in [2.05, 4.69) is 17.6 Å². The molecule has 9 heteroatoms. The number of hydrogen-bond acceptors (Lipinski definition) is 9. The Hall–Kier alpha value is -1.65. The van der Waals surface area contributed by atoms with Crippen molar-refractivity contribution in [1.29, 1.82) is 0 Å². The Kier molecular flexibility index (Phi) is 8.06. The molecule has 1 aromatic carbocycles. The lowest BCUT2D eigenvalue weighted by Gasteiger charge is -2.40. The standard InChI is InChI=1S/C18H25NO7S/c1-10-17(25-11(2)20)15(21)16(22)18(24-10)26-13-6-4-12(5-7-13)8-19-9-14(27)23-3/h4-7,9-10,14-18,21-22,27H,8H2,1-3H3/t10-,14?,15-,16+,17?,18?/m0/s1. The van der Waals surface area contributed by atoms with Crippen molar-refractivity contribution in [2.75, 3.05) is 7.11 Å². The predicted molar refractivity (Wildman–Crippen MR) is 101 cm³/mol. The largest absolute Gasteiger partial charge is 0.462 e. The molecule has 150 valence electrons. The number of carbonyl (C=O) groups is 1. The van der Waals surface area contributed by atoms with E-state index in [1.807, 2.05) is 12.1 Å². The van der Waals surface area contributed by atoms with Gasteiger partial charge in [0.1, 0.15) is 23.4 Å². The van der Waals surface area contributed by atoms with E-state index < -0.39 is 36.7 Å². The van der Waals surface area contributed by atoms with E-state index in [9.17, 15) is 15.0 Å². The van der Waals surface area contributed by atoms with Gasteiger partial charge in [0.15, 0.2) is 6.10 Å². The van der Waals surface area contributed by atoms with Gasteiger partial charge in [0.25, 0.3) is 0 Å². The highest BCUT2D eigenvalue weighted by Crippen LogP contribution is 2.26. The molecule has 0 radical (unpaired) electrons. The second-order valence-electron chi connectivity index (χ2n) is 6.14. The summed E-state index contributed by atoms with van der Waals surface area (Å²) in [5, 5.41) is 20.4. The number of hydrogen-bond donors (Lipinski definition) is 3. The lowest BCUT2D eigenvalue weighted by atomic mass is 9.99. The van der Waals surface area contributed by atoms with Crippen LogP contribution < -0.4 is 4.74 Å². The van der Waals surface area contributed by atoms with E-state index in [4.69, 9.17) is 18.9 Å². The summed E-state index contributed by atoms with van der Waals surface area (Å²) < 4.78 is 21.2. The summed E-state index contributed by atoms with van der Waals surface area (Å²) in [6.45, 7) is 3.32. The van der Waals surface area contributed by atoms with Crippen LogP contribution in [0.15, 0.2) is 29.3 Å². The molecule has 1 aliphatic rings. The monoisotopic (exact) mass is 399 g/mol. The number of thiol groups is 1. The topological polar surface area (TPSA) is 107 Å². The maximum Gasteiger partial charge on any atom is 0.303 e. The van der Waals surface area contributed by atoms with Gasteiger partial charge in [-0.15, -0.1) is 12.6 Å². The Morgan fingerprint density at radius 1 is 1.33 bits per heavy atom. The first-order chi connectivity index (χ1) is 12.8. The molecule has 1 heterocycles. The van der Waals surface area contributed by atoms with Crippen molar-refractivity contribution >= 4 is 24.8 Å². The molecule has 1 aromatic rings. The molecule has 6 atom stereocenters. The van der Waals surface area contributed by atoms with Crippen LogP contribution >= 0.6 is 12.6 Å². The molecule has 0 amide bonds. The van der Waals surface area contributed by atoms with Crippen molar-refractivity contribution in [3.63, 3.8) is 0 Å². The lowest BCUT2D eigenvalue weighted by Crippen LogP contribution is -2.59. The molecule has 0 spiro atoms. The highest BCUT2D eigenvalue weighted by atomic mass is 32.1. The summed E-state index contributed by atoms with van der Waals surface area (Å²) in [4.78, 5) is 15.3. The Morgan fingerprint density at radius 2 is 2.00 bits per heavy atom. The van der Waals surface area contributed by atoms with Gasteiger partial charge in [-0.1, -0.05) is 12.1 Å². The molecular formula is C18H25NO7S. The normalized spacial score (nSPS) is 29.5. The number of aliphatic imine (C=N–C) groups is 1. The highest BCUT2D eigenvalue weighted by molar-refractivity contribution is 7.81. The SMILES string of the molecule is COC(S)C=NCc1ccc(OC2O[C@@H](C)C(OC(C)=O)[C@@H](O)[C@H]2O)cc1. The summed E-state index contributed by atoms with van der Waals surface area (Å²) in [5.41, 5.74) is 0.602. The van der Waals surface area contributed by atoms with Crippen molar-refractivity contribution in [1.82, 2.24) is 0 Å². The van der Waals surface area contributed by atoms with Crippen LogP contribution in [0.3, 0.4) is 0 Å². The van der Waals surface area contributed by atoms with E-state index in [1.165, 1.54) is 6.92 Å². The van der Waals surface area contributed by atoms with Crippen LogP contribution in [0.5, 0.6) is 5.75 Å². The molecule has 2 N–H and O–H groups in total. The van der Waals surface area contributed by atoms with Gasteiger partial charge in [0.2, 0.25) is 6.29 Å². The van der Waals surface area contributed by atoms with Crippen molar-refractivity contribution in [3.05, 3.63) is 29.8 Å². The van der Waals surface area contributed by atoms with Crippen LogP contribution in [-0.2, 0) is 25.5 Å². The fraction of sp³-hybridized carbons (Fsp3) is 0.556. The average Bonchev–Trinajstić information content (AvgIpc) is 2.64. The zero-order valence-corrected chi connectivity index (χ0v) is 16.3. The summed E-state index contributed by atoms with van der Waals surface area (Å²) in [6, 6.07) is 7.07. The van der Waals surface area contributed by atoms with Crippen molar-refractivity contribution in [2.24, 2.45) is 4.99 Å². The zero-order valence-electron chi connectivity index (χ0n) is 15.4. The fourth-order valence-corrected chi connectivity index (χ4v) is 2.67. The minimum atomic E-state index is -1.36. The van der Waals surface area contributed by atoms with Crippen LogP contribution in [-0.4, -0.2) is 65.6 Å². The Bertz CT molecular complexity index is 639. The van der Waals surface area contributed by atoms with Gasteiger partial charge < -0.3 is 29.2 Å². The number of esters is 1. The number of rotatable bonds is 7. The first-order valence-electron chi connectivity index (χ1n) is 8.47. The Balaban J connectivity index is 1.94. The minimum absolute atomic E-state index is 0.346. The van der Waals surface area contributed by atoms with Gasteiger partial charge in [-0.25, -0.2) is 0 Å². The molecule has 27 heavy (non-hydrogen) atoms. The third kappa shape index (κ3) is 6.18. The second kappa shape index (κ2) is 10.0. The number of nitrogens with zero attached hydrogens (tertiary/aromatic N) is 1. The highest BCUT2D eigenvalue weighted by Gasteiger charge is 2.45. The van der Waals surface area contributed by atoms with Gasteiger partial charge in [-0.2, -0.15) is 0 Å². The van der Waals surface area contributed by atoms with Gasteiger partial charge >= 0.3 is 5.97 Å².